The number of halogens is 1. The van der Waals surface area contributed by atoms with Crippen LogP contribution in [0.25, 0.3) is 0 Å². The molecule has 0 aliphatic heterocycles. The van der Waals surface area contributed by atoms with Crippen LogP contribution in [-0.4, -0.2) is 19.5 Å². The molecule has 0 amide bonds. The Labute approximate surface area is 126 Å². The van der Waals surface area contributed by atoms with Gasteiger partial charge in [0.25, 0.3) is 0 Å². The third-order valence-corrected chi connectivity index (χ3v) is 3.30. The number of hydrogen-bond donors (Lipinski definition) is 0. The van der Waals surface area contributed by atoms with E-state index in [4.69, 9.17) is 9.47 Å². The van der Waals surface area contributed by atoms with E-state index >= 15 is 0 Å². The molecule has 0 N–H and O–H groups in total. The molecular weight excluding hydrogens is 320 g/mol. The van der Waals surface area contributed by atoms with E-state index in [0.29, 0.717) is 12.2 Å². The van der Waals surface area contributed by atoms with Gasteiger partial charge in [-0.05, 0) is 29.8 Å². The molecule has 0 heterocycles. The van der Waals surface area contributed by atoms with Crippen molar-refractivity contribution in [2.24, 2.45) is 0 Å². The molecule has 4 heteroatoms. The third-order valence-electron chi connectivity index (χ3n) is 2.81. The maximum Gasteiger partial charge on any atom is 0.188 e. The molecular formula is C16H15BrO3. The molecule has 2 rings (SSSR count). The number of benzene rings is 2. The highest BCUT2D eigenvalue weighted by molar-refractivity contribution is 9.10. The minimum Gasteiger partial charge on any atom is -0.497 e. The summed E-state index contributed by atoms with van der Waals surface area (Å²) in [6, 6.07) is 14.9. The second kappa shape index (κ2) is 7.22. The minimum absolute atomic E-state index is 0.0280. The summed E-state index contributed by atoms with van der Waals surface area (Å²) in [4.78, 5) is 11.9. The Kier molecular flexibility index (Phi) is 5.32. The van der Waals surface area contributed by atoms with Crippen molar-refractivity contribution in [2.75, 3.05) is 13.7 Å². The molecule has 0 saturated heterocycles. The highest BCUT2D eigenvalue weighted by atomic mass is 79.9. The number of hydrogen-bond acceptors (Lipinski definition) is 3. The molecule has 2 aromatic rings. The first-order valence-corrected chi connectivity index (χ1v) is 6.98. The summed E-state index contributed by atoms with van der Waals surface area (Å²) >= 11 is 3.34. The molecule has 0 aliphatic carbocycles. The molecule has 0 aromatic heterocycles. The molecule has 0 saturated carbocycles. The monoisotopic (exact) mass is 334 g/mol. The van der Waals surface area contributed by atoms with E-state index in [1.165, 1.54) is 0 Å². The van der Waals surface area contributed by atoms with E-state index < -0.39 is 0 Å². The van der Waals surface area contributed by atoms with Gasteiger partial charge in [0.15, 0.2) is 5.78 Å². The molecule has 0 fully saturated rings. The SMILES string of the molecule is COc1ccc(COCC(=O)c2cccc(Br)c2)cc1. The first-order chi connectivity index (χ1) is 9.69. The summed E-state index contributed by atoms with van der Waals surface area (Å²) in [5.41, 5.74) is 1.65. The minimum atomic E-state index is -0.0280. The van der Waals surface area contributed by atoms with Crippen molar-refractivity contribution in [1.82, 2.24) is 0 Å². The molecule has 0 spiro atoms. The van der Waals surface area contributed by atoms with Crippen molar-refractivity contribution >= 4 is 21.7 Å². The number of ketones is 1. The first kappa shape index (κ1) is 14.8. The van der Waals surface area contributed by atoms with E-state index in [9.17, 15) is 4.79 Å². The Morgan fingerprint density at radius 2 is 1.90 bits per heavy atom. The van der Waals surface area contributed by atoms with Gasteiger partial charge in [0.05, 0.1) is 13.7 Å². The molecule has 3 nitrogen and oxygen atoms in total. The zero-order chi connectivity index (χ0) is 14.4. The summed E-state index contributed by atoms with van der Waals surface area (Å²) in [6.45, 7) is 0.478. The maximum atomic E-state index is 11.9. The summed E-state index contributed by atoms with van der Waals surface area (Å²) in [7, 11) is 1.63. The maximum absolute atomic E-state index is 11.9. The smallest absolute Gasteiger partial charge is 0.188 e. The fraction of sp³-hybridized carbons (Fsp3) is 0.188. The van der Waals surface area contributed by atoms with Crippen molar-refractivity contribution in [2.45, 2.75) is 6.61 Å². The Bertz CT molecular complexity index is 579. The van der Waals surface area contributed by atoms with E-state index in [2.05, 4.69) is 15.9 Å². The van der Waals surface area contributed by atoms with Crippen LogP contribution < -0.4 is 4.74 Å². The van der Waals surface area contributed by atoms with Crippen LogP contribution in [0.3, 0.4) is 0 Å². The fourth-order valence-corrected chi connectivity index (χ4v) is 2.13. The summed E-state index contributed by atoms with van der Waals surface area (Å²) in [5, 5.41) is 0. The average molecular weight is 335 g/mol. The average Bonchev–Trinajstić information content (AvgIpc) is 2.48. The Balaban J connectivity index is 1.84. The Morgan fingerprint density at radius 3 is 2.55 bits per heavy atom. The van der Waals surface area contributed by atoms with Gasteiger partial charge in [0, 0.05) is 10.0 Å². The van der Waals surface area contributed by atoms with Gasteiger partial charge in [-0.15, -0.1) is 0 Å². The van der Waals surface area contributed by atoms with Crippen LogP contribution >= 0.6 is 15.9 Å². The van der Waals surface area contributed by atoms with Gasteiger partial charge in [0.1, 0.15) is 12.4 Å². The Morgan fingerprint density at radius 1 is 1.15 bits per heavy atom. The number of ether oxygens (including phenoxy) is 2. The molecule has 0 atom stereocenters. The van der Waals surface area contributed by atoms with E-state index in [1.807, 2.05) is 36.4 Å². The lowest BCUT2D eigenvalue weighted by molar-refractivity contribution is 0.0726. The Hall–Kier alpha value is -1.65. The summed E-state index contributed by atoms with van der Waals surface area (Å²) < 4.78 is 11.4. The topological polar surface area (TPSA) is 35.5 Å². The second-order valence-corrected chi connectivity index (χ2v) is 5.19. The number of Topliss-reactive ketones (excluding diaryl/α,β-unsaturated/α-hetero) is 1. The standard InChI is InChI=1S/C16H15BrO3/c1-19-15-7-5-12(6-8-15)10-20-11-16(18)13-3-2-4-14(17)9-13/h2-9H,10-11H2,1H3. The van der Waals surface area contributed by atoms with Crippen LogP contribution in [0.4, 0.5) is 0 Å². The summed E-state index contributed by atoms with van der Waals surface area (Å²) in [6.07, 6.45) is 0. The third kappa shape index (κ3) is 4.18. The van der Waals surface area contributed by atoms with Gasteiger partial charge in [-0.2, -0.15) is 0 Å². The van der Waals surface area contributed by atoms with Crippen LogP contribution in [-0.2, 0) is 11.3 Å². The van der Waals surface area contributed by atoms with Crippen molar-refractivity contribution in [3.05, 3.63) is 64.1 Å². The first-order valence-electron chi connectivity index (χ1n) is 6.18. The number of carbonyl (C=O) groups is 1. The highest BCUT2D eigenvalue weighted by Gasteiger charge is 2.06. The van der Waals surface area contributed by atoms with E-state index in [1.54, 1.807) is 19.2 Å². The van der Waals surface area contributed by atoms with Gasteiger partial charge in [-0.3, -0.25) is 4.79 Å². The lowest BCUT2D eigenvalue weighted by Gasteiger charge is -2.05. The highest BCUT2D eigenvalue weighted by Crippen LogP contribution is 2.14. The van der Waals surface area contributed by atoms with Crippen LogP contribution in [0, 0.1) is 0 Å². The van der Waals surface area contributed by atoms with Gasteiger partial charge >= 0.3 is 0 Å². The molecule has 2 aromatic carbocycles. The second-order valence-electron chi connectivity index (χ2n) is 4.27. The zero-order valence-electron chi connectivity index (χ0n) is 11.1. The van der Waals surface area contributed by atoms with Crippen LogP contribution in [0.15, 0.2) is 53.0 Å². The number of rotatable bonds is 6. The van der Waals surface area contributed by atoms with Crippen molar-refractivity contribution in [1.29, 1.82) is 0 Å². The predicted molar refractivity (Wildman–Crippen MR) is 81.1 cm³/mol. The van der Waals surface area contributed by atoms with Crippen LogP contribution in [0.5, 0.6) is 5.75 Å². The van der Waals surface area contributed by atoms with Crippen molar-refractivity contribution in [3.63, 3.8) is 0 Å². The van der Waals surface area contributed by atoms with Crippen molar-refractivity contribution < 1.29 is 14.3 Å². The van der Waals surface area contributed by atoms with Crippen molar-refractivity contribution in [3.8, 4) is 5.75 Å². The molecule has 0 bridgehead atoms. The molecule has 0 unspecified atom stereocenters. The van der Waals surface area contributed by atoms with Crippen LogP contribution in [0.2, 0.25) is 0 Å². The molecule has 0 aliphatic rings. The zero-order valence-corrected chi connectivity index (χ0v) is 12.7. The number of methoxy groups -OCH3 is 1. The quantitative estimate of drug-likeness (QED) is 0.752. The lowest BCUT2D eigenvalue weighted by Crippen LogP contribution is -2.09. The van der Waals surface area contributed by atoms with E-state index in [-0.39, 0.29) is 12.4 Å². The molecule has 20 heavy (non-hydrogen) atoms. The van der Waals surface area contributed by atoms with Gasteiger partial charge in [-0.25, -0.2) is 0 Å². The number of carbonyl (C=O) groups excluding carboxylic acids is 1. The van der Waals surface area contributed by atoms with Crippen LogP contribution in [0.1, 0.15) is 15.9 Å². The van der Waals surface area contributed by atoms with Gasteiger partial charge < -0.3 is 9.47 Å². The van der Waals surface area contributed by atoms with Gasteiger partial charge in [0.2, 0.25) is 0 Å². The molecule has 0 radical (unpaired) electrons. The van der Waals surface area contributed by atoms with Gasteiger partial charge in [-0.1, -0.05) is 40.2 Å². The normalized spacial score (nSPS) is 10.3. The lowest BCUT2D eigenvalue weighted by atomic mass is 10.1. The fourth-order valence-electron chi connectivity index (χ4n) is 1.73. The largest absolute Gasteiger partial charge is 0.497 e. The predicted octanol–water partition coefficient (Wildman–Crippen LogP) is 3.86. The summed E-state index contributed by atoms with van der Waals surface area (Å²) in [5.74, 6) is 0.777. The molecule has 104 valence electrons. The van der Waals surface area contributed by atoms with E-state index in [0.717, 1.165) is 15.8 Å².